The first-order valence-electron chi connectivity index (χ1n) is 7.68. The van der Waals surface area contributed by atoms with Crippen molar-refractivity contribution in [3.63, 3.8) is 0 Å². The molecule has 128 valence electrons. The van der Waals surface area contributed by atoms with Crippen molar-refractivity contribution in [1.82, 2.24) is 4.98 Å². The van der Waals surface area contributed by atoms with Crippen molar-refractivity contribution in [1.29, 1.82) is 0 Å². The Labute approximate surface area is 142 Å². The van der Waals surface area contributed by atoms with Crippen molar-refractivity contribution in [2.45, 2.75) is 19.6 Å². The summed E-state index contributed by atoms with van der Waals surface area (Å²) in [5.74, 6) is 1.38. The largest absolute Gasteiger partial charge is 0.497 e. The molecular weight excluding hydrogens is 306 g/mol. The number of ether oxygens (including phenoxy) is 2. The molecule has 1 aromatic heterocycles. The van der Waals surface area contributed by atoms with Gasteiger partial charge in [-0.2, -0.15) is 0 Å². The number of carbonyl (C=O) groups excluding carboxylic acids is 1. The second-order valence-corrected chi connectivity index (χ2v) is 5.59. The number of nitrogens with one attached hydrogen (secondary N) is 1. The summed E-state index contributed by atoms with van der Waals surface area (Å²) < 4.78 is 10.8. The van der Waals surface area contributed by atoms with Gasteiger partial charge in [-0.25, -0.2) is 4.98 Å². The van der Waals surface area contributed by atoms with Gasteiger partial charge in [0.2, 0.25) is 0 Å². The second-order valence-electron chi connectivity index (χ2n) is 5.59. The molecule has 0 radical (unpaired) electrons. The average Bonchev–Trinajstić information content (AvgIpc) is 2.60. The number of benzene rings is 1. The van der Waals surface area contributed by atoms with E-state index in [9.17, 15) is 4.79 Å². The molecule has 2 rings (SSSR count). The molecule has 0 bridgehead atoms. The van der Waals surface area contributed by atoms with Gasteiger partial charge in [-0.05, 0) is 36.8 Å². The minimum absolute atomic E-state index is 0.211. The van der Waals surface area contributed by atoms with Crippen LogP contribution >= 0.6 is 0 Å². The van der Waals surface area contributed by atoms with E-state index in [1.54, 1.807) is 20.2 Å². The first-order valence-corrected chi connectivity index (χ1v) is 7.68. The van der Waals surface area contributed by atoms with E-state index >= 15 is 0 Å². The Hall–Kier alpha value is -2.60. The number of pyridine rings is 1. The van der Waals surface area contributed by atoms with Crippen molar-refractivity contribution in [3.05, 3.63) is 48.2 Å². The second kappa shape index (κ2) is 8.31. The van der Waals surface area contributed by atoms with Crippen LogP contribution in [0, 0.1) is 0 Å². The summed E-state index contributed by atoms with van der Waals surface area (Å²) in [4.78, 5) is 18.3. The molecule has 6 heteroatoms. The van der Waals surface area contributed by atoms with Crippen molar-refractivity contribution in [3.8, 4) is 5.75 Å². The maximum Gasteiger partial charge on any atom is 0.253 e. The lowest BCUT2D eigenvalue weighted by molar-refractivity contribution is -0.127. The highest BCUT2D eigenvalue weighted by Gasteiger charge is 2.14. The Balaban J connectivity index is 1.87. The molecule has 1 aromatic carbocycles. The number of nitrogens with zero attached hydrogens (tertiary/aromatic N) is 2. The molecule has 1 N–H and O–H groups in total. The highest BCUT2D eigenvalue weighted by Crippen LogP contribution is 2.15. The molecule has 1 amide bonds. The van der Waals surface area contributed by atoms with E-state index < -0.39 is 6.10 Å². The Kier molecular flexibility index (Phi) is 6.14. The standard InChI is InChI=1S/C18H23N3O3/c1-13(24-12-14-6-5-7-16(10-14)23-4)18(22)20-15-8-9-17(19-11-15)21(2)3/h5-11,13H,12H2,1-4H3,(H,20,22)/t13-/m1/s1. The van der Waals surface area contributed by atoms with Gasteiger partial charge in [-0.15, -0.1) is 0 Å². The van der Waals surface area contributed by atoms with Gasteiger partial charge in [-0.1, -0.05) is 12.1 Å². The van der Waals surface area contributed by atoms with Gasteiger partial charge in [0.15, 0.2) is 0 Å². The van der Waals surface area contributed by atoms with Gasteiger partial charge < -0.3 is 19.7 Å². The van der Waals surface area contributed by atoms with E-state index in [2.05, 4.69) is 10.3 Å². The first kappa shape index (κ1) is 17.7. The van der Waals surface area contributed by atoms with Crippen LogP contribution in [0.25, 0.3) is 0 Å². The lowest BCUT2D eigenvalue weighted by Gasteiger charge is -2.15. The third-order valence-corrected chi connectivity index (χ3v) is 3.48. The summed E-state index contributed by atoms with van der Waals surface area (Å²) in [6.45, 7) is 2.06. The van der Waals surface area contributed by atoms with Gasteiger partial charge in [-0.3, -0.25) is 4.79 Å². The lowest BCUT2D eigenvalue weighted by atomic mass is 10.2. The van der Waals surface area contributed by atoms with Crippen molar-refractivity contribution >= 4 is 17.4 Å². The monoisotopic (exact) mass is 329 g/mol. The zero-order valence-electron chi connectivity index (χ0n) is 14.4. The van der Waals surface area contributed by atoms with Crippen LogP contribution in [0.2, 0.25) is 0 Å². The molecule has 24 heavy (non-hydrogen) atoms. The fourth-order valence-corrected chi connectivity index (χ4v) is 2.03. The van der Waals surface area contributed by atoms with Crippen LogP contribution in [0.15, 0.2) is 42.6 Å². The Morgan fingerprint density at radius 3 is 2.71 bits per heavy atom. The van der Waals surface area contributed by atoms with Crippen molar-refractivity contribution in [2.75, 3.05) is 31.4 Å². The van der Waals surface area contributed by atoms with Gasteiger partial charge in [0.1, 0.15) is 17.7 Å². The molecule has 1 heterocycles. The minimum Gasteiger partial charge on any atom is -0.497 e. The van der Waals surface area contributed by atoms with Crippen LogP contribution in [0.5, 0.6) is 5.75 Å². The summed E-state index contributed by atoms with van der Waals surface area (Å²) in [5, 5.41) is 2.80. The Bertz CT molecular complexity index is 671. The number of amides is 1. The van der Waals surface area contributed by atoms with Crippen LogP contribution in [-0.4, -0.2) is 38.2 Å². The van der Waals surface area contributed by atoms with Gasteiger partial charge in [0, 0.05) is 14.1 Å². The average molecular weight is 329 g/mol. The van der Waals surface area contributed by atoms with E-state index in [1.807, 2.05) is 55.4 Å². The van der Waals surface area contributed by atoms with Crippen LogP contribution in [0.3, 0.4) is 0 Å². The Morgan fingerprint density at radius 1 is 1.29 bits per heavy atom. The summed E-state index contributed by atoms with van der Waals surface area (Å²) in [6, 6.07) is 11.2. The van der Waals surface area contributed by atoms with Crippen LogP contribution in [-0.2, 0) is 16.1 Å². The Morgan fingerprint density at radius 2 is 2.08 bits per heavy atom. The van der Waals surface area contributed by atoms with Crippen LogP contribution in [0.4, 0.5) is 11.5 Å². The quantitative estimate of drug-likeness (QED) is 0.846. The van der Waals surface area contributed by atoms with Gasteiger partial charge >= 0.3 is 0 Å². The maximum absolute atomic E-state index is 12.2. The first-order chi connectivity index (χ1) is 11.5. The molecule has 0 aliphatic heterocycles. The minimum atomic E-state index is -0.579. The highest BCUT2D eigenvalue weighted by molar-refractivity contribution is 5.93. The highest BCUT2D eigenvalue weighted by atomic mass is 16.5. The normalized spacial score (nSPS) is 11.7. The fraction of sp³-hybridized carbons (Fsp3) is 0.333. The zero-order valence-corrected chi connectivity index (χ0v) is 14.4. The van der Waals surface area contributed by atoms with E-state index in [4.69, 9.17) is 9.47 Å². The third kappa shape index (κ3) is 4.96. The summed E-state index contributed by atoms with van der Waals surface area (Å²) >= 11 is 0. The molecule has 1 atom stereocenters. The van der Waals surface area contributed by atoms with Gasteiger partial charge in [0.05, 0.1) is 25.6 Å². The third-order valence-electron chi connectivity index (χ3n) is 3.48. The molecule has 0 saturated heterocycles. The predicted molar refractivity (Wildman–Crippen MR) is 94.4 cm³/mol. The topological polar surface area (TPSA) is 63.7 Å². The number of methoxy groups -OCH3 is 1. The molecule has 0 spiro atoms. The molecule has 0 saturated carbocycles. The maximum atomic E-state index is 12.2. The molecule has 6 nitrogen and oxygen atoms in total. The summed E-state index contributed by atoms with van der Waals surface area (Å²) in [7, 11) is 5.44. The zero-order chi connectivity index (χ0) is 17.5. The number of aromatic nitrogens is 1. The smallest absolute Gasteiger partial charge is 0.253 e. The number of carbonyl (C=O) groups is 1. The number of rotatable bonds is 7. The van der Waals surface area contributed by atoms with Crippen molar-refractivity contribution in [2.24, 2.45) is 0 Å². The predicted octanol–water partition coefficient (Wildman–Crippen LogP) is 2.70. The molecule has 0 aliphatic rings. The van der Waals surface area contributed by atoms with E-state index in [0.717, 1.165) is 17.1 Å². The van der Waals surface area contributed by atoms with Crippen molar-refractivity contribution < 1.29 is 14.3 Å². The summed E-state index contributed by atoms with van der Waals surface area (Å²) in [5.41, 5.74) is 1.59. The van der Waals surface area contributed by atoms with E-state index in [0.29, 0.717) is 12.3 Å². The lowest BCUT2D eigenvalue weighted by Crippen LogP contribution is -2.27. The van der Waals surface area contributed by atoms with Crippen LogP contribution < -0.4 is 15.0 Å². The fourth-order valence-electron chi connectivity index (χ4n) is 2.03. The van der Waals surface area contributed by atoms with Gasteiger partial charge in [0.25, 0.3) is 5.91 Å². The van der Waals surface area contributed by atoms with E-state index in [-0.39, 0.29) is 5.91 Å². The molecule has 0 aliphatic carbocycles. The molecular formula is C18H23N3O3. The van der Waals surface area contributed by atoms with E-state index in [1.165, 1.54) is 0 Å². The number of hydrogen-bond donors (Lipinski definition) is 1. The number of anilines is 2. The van der Waals surface area contributed by atoms with Crippen LogP contribution in [0.1, 0.15) is 12.5 Å². The summed E-state index contributed by atoms with van der Waals surface area (Å²) in [6.07, 6.45) is 1.05. The number of hydrogen-bond acceptors (Lipinski definition) is 5. The SMILES string of the molecule is COc1cccc(CO[C@H](C)C(=O)Nc2ccc(N(C)C)nc2)c1. The molecule has 0 unspecified atom stereocenters. The molecule has 0 fully saturated rings. The molecule has 2 aromatic rings.